The smallest absolute Gasteiger partial charge is 0.331 e. The second-order valence-electron chi connectivity index (χ2n) is 2.26. The van der Waals surface area contributed by atoms with Gasteiger partial charge in [0.15, 0.2) is 0 Å². The lowest BCUT2D eigenvalue weighted by molar-refractivity contribution is -0.137. The average molecular weight is 196 g/mol. The molecule has 0 aromatic heterocycles. The monoisotopic (exact) mass is 196 g/mol. The predicted octanol–water partition coefficient (Wildman–Crippen LogP) is 1.30. The first-order valence-corrected chi connectivity index (χ1v) is 4.02. The van der Waals surface area contributed by atoms with Crippen molar-refractivity contribution in [3.8, 4) is 0 Å². The summed E-state index contributed by atoms with van der Waals surface area (Å²) >= 11 is 0. The lowest BCUT2D eigenvalue weighted by Crippen LogP contribution is -2.01. The zero-order valence-electron chi connectivity index (χ0n) is 7.84. The number of aliphatic carboxylic acids is 1. The fourth-order valence-corrected chi connectivity index (χ4v) is 0.563. The molecule has 4 nitrogen and oxygen atoms in total. The molecule has 0 spiro atoms. The van der Waals surface area contributed by atoms with Crippen molar-refractivity contribution in [2.24, 2.45) is 0 Å². The molecule has 0 saturated carbocycles. The van der Waals surface area contributed by atoms with E-state index in [2.05, 4.69) is 4.74 Å². The second-order valence-corrected chi connectivity index (χ2v) is 2.26. The van der Waals surface area contributed by atoms with Crippen LogP contribution in [-0.2, 0) is 14.3 Å². The zero-order valence-corrected chi connectivity index (χ0v) is 7.84. The van der Waals surface area contributed by atoms with E-state index >= 15 is 0 Å². The van der Waals surface area contributed by atoms with E-state index in [9.17, 15) is 9.59 Å². The van der Waals surface area contributed by atoms with Crippen LogP contribution in [0.15, 0.2) is 36.5 Å². The number of carboxylic acids is 1. The Morgan fingerprint density at radius 2 is 2.00 bits per heavy atom. The van der Waals surface area contributed by atoms with Gasteiger partial charge in [-0.1, -0.05) is 18.2 Å². The van der Waals surface area contributed by atoms with Gasteiger partial charge < -0.3 is 9.84 Å². The van der Waals surface area contributed by atoms with Crippen molar-refractivity contribution in [1.82, 2.24) is 0 Å². The minimum absolute atomic E-state index is 0.132. The highest BCUT2D eigenvalue weighted by Crippen LogP contribution is 1.84. The highest BCUT2D eigenvalue weighted by Gasteiger charge is 1.95. The van der Waals surface area contributed by atoms with E-state index in [1.165, 1.54) is 0 Å². The van der Waals surface area contributed by atoms with Crippen molar-refractivity contribution >= 4 is 11.9 Å². The lowest BCUT2D eigenvalue weighted by Gasteiger charge is -1.94. The third kappa shape index (κ3) is 8.26. The van der Waals surface area contributed by atoms with Gasteiger partial charge in [0.1, 0.15) is 6.61 Å². The number of carboxylic acid groups (broad SMARTS) is 1. The van der Waals surface area contributed by atoms with Crippen molar-refractivity contribution in [3.63, 3.8) is 0 Å². The minimum Gasteiger partial charge on any atom is -0.478 e. The van der Waals surface area contributed by atoms with Gasteiger partial charge in [-0.3, -0.25) is 0 Å². The van der Waals surface area contributed by atoms with Gasteiger partial charge >= 0.3 is 11.9 Å². The molecule has 0 aromatic carbocycles. The van der Waals surface area contributed by atoms with E-state index in [0.717, 1.165) is 12.2 Å². The molecule has 0 aliphatic carbocycles. The summed E-state index contributed by atoms with van der Waals surface area (Å²) in [7, 11) is 0. The highest BCUT2D eigenvalue weighted by atomic mass is 16.5. The van der Waals surface area contributed by atoms with Crippen molar-refractivity contribution in [2.45, 2.75) is 6.92 Å². The zero-order chi connectivity index (χ0) is 10.8. The first-order chi connectivity index (χ1) is 6.66. The Bertz CT molecular complexity index is 274. The number of esters is 1. The Morgan fingerprint density at radius 1 is 1.29 bits per heavy atom. The molecule has 0 amide bonds. The molecule has 0 aliphatic rings. The van der Waals surface area contributed by atoms with Crippen molar-refractivity contribution in [2.75, 3.05) is 6.61 Å². The second kappa shape index (κ2) is 7.79. The molecular formula is C10H12O4. The Hall–Kier alpha value is -1.84. The fourth-order valence-electron chi connectivity index (χ4n) is 0.563. The minimum atomic E-state index is -1.17. The number of hydrogen-bond donors (Lipinski definition) is 1. The fraction of sp³-hybridized carbons (Fsp3) is 0.200. The topological polar surface area (TPSA) is 63.6 Å². The van der Waals surface area contributed by atoms with Crippen LogP contribution in [0.2, 0.25) is 0 Å². The van der Waals surface area contributed by atoms with E-state index in [0.29, 0.717) is 0 Å². The van der Waals surface area contributed by atoms with Crippen LogP contribution >= 0.6 is 0 Å². The maximum atomic E-state index is 10.8. The lowest BCUT2D eigenvalue weighted by atomic mass is 10.4. The molecule has 0 radical (unpaired) electrons. The molecule has 1 N–H and O–H groups in total. The number of ether oxygens (including phenoxy) is 1. The van der Waals surface area contributed by atoms with Gasteiger partial charge in [0, 0.05) is 12.2 Å². The van der Waals surface area contributed by atoms with Gasteiger partial charge in [-0.25, -0.2) is 9.59 Å². The van der Waals surface area contributed by atoms with Crippen molar-refractivity contribution < 1.29 is 19.4 Å². The van der Waals surface area contributed by atoms with Gasteiger partial charge in [-0.2, -0.15) is 0 Å². The summed E-state index contributed by atoms with van der Waals surface area (Å²) < 4.78 is 4.63. The van der Waals surface area contributed by atoms with Crippen molar-refractivity contribution in [3.05, 3.63) is 36.5 Å². The van der Waals surface area contributed by atoms with Gasteiger partial charge in [0.2, 0.25) is 0 Å². The summed E-state index contributed by atoms with van der Waals surface area (Å²) in [5, 5.41) is 8.19. The Labute approximate surface area is 82.2 Å². The van der Waals surface area contributed by atoms with Gasteiger partial charge in [-0.05, 0) is 13.0 Å². The summed E-state index contributed by atoms with van der Waals surface area (Å²) in [6, 6.07) is 0. The molecule has 0 saturated heterocycles. The van der Waals surface area contributed by atoms with Crippen LogP contribution in [0.1, 0.15) is 6.92 Å². The van der Waals surface area contributed by atoms with Gasteiger partial charge in [-0.15, -0.1) is 0 Å². The molecule has 76 valence electrons. The maximum Gasteiger partial charge on any atom is 0.331 e. The van der Waals surface area contributed by atoms with Crippen LogP contribution in [0.4, 0.5) is 0 Å². The maximum absolute atomic E-state index is 10.8. The van der Waals surface area contributed by atoms with E-state index < -0.39 is 11.9 Å². The Morgan fingerprint density at radius 3 is 2.57 bits per heavy atom. The number of carbonyl (C=O) groups is 2. The predicted molar refractivity (Wildman–Crippen MR) is 51.7 cm³/mol. The molecule has 0 aromatic rings. The van der Waals surface area contributed by atoms with Crippen LogP contribution in [-0.4, -0.2) is 23.7 Å². The normalized spacial score (nSPS) is 11.5. The van der Waals surface area contributed by atoms with Gasteiger partial charge in [0.05, 0.1) is 0 Å². The summed E-state index contributed by atoms with van der Waals surface area (Å²) in [5.41, 5.74) is 0. The molecular weight excluding hydrogens is 184 g/mol. The first kappa shape index (κ1) is 12.2. The van der Waals surface area contributed by atoms with E-state index in [1.807, 2.05) is 13.0 Å². The van der Waals surface area contributed by atoms with Crippen LogP contribution < -0.4 is 0 Å². The summed E-state index contributed by atoms with van der Waals surface area (Å²) in [6.45, 7) is 2.00. The summed E-state index contributed by atoms with van der Waals surface area (Å²) in [6.07, 6.45) is 8.61. The summed E-state index contributed by atoms with van der Waals surface area (Å²) in [5.74, 6) is -1.84. The van der Waals surface area contributed by atoms with Crippen LogP contribution in [0, 0.1) is 0 Å². The van der Waals surface area contributed by atoms with Crippen LogP contribution in [0.25, 0.3) is 0 Å². The molecule has 0 aliphatic heterocycles. The molecule has 0 unspecified atom stereocenters. The summed E-state index contributed by atoms with van der Waals surface area (Å²) in [4.78, 5) is 20.8. The molecule has 14 heavy (non-hydrogen) atoms. The standard InChI is InChI=1S/C10H12O4/c1-2-3-4-5-8-14-10(13)7-6-9(11)12/h2-7H,8H2,1H3,(H,11,12)/b3-2+,5-4+,7-6-. The molecule has 0 bridgehead atoms. The average Bonchev–Trinajstić information content (AvgIpc) is 2.14. The van der Waals surface area contributed by atoms with Crippen molar-refractivity contribution in [1.29, 1.82) is 0 Å². The van der Waals surface area contributed by atoms with Crippen LogP contribution in [0.5, 0.6) is 0 Å². The van der Waals surface area contributed by atoms with E-state index in [1.54, 1.807) is 18.2 Å². The molecule has 0 fully saturated rings. The molecule has 0 atom stereocenters. The molecule has 4 heteroatoms. The quantitative estimate of drug-likeness (QED) is 0.409. The number of carbonyl (C=O) groups excluding carboxylic acids is 1. The van der Waals surface area contributed by atoms with E-state index in [4.69, 9.17) is 5.11 Å². The Kier molecular flexibility index (Phi) is 6.77. The Balaban J connectivity index is 3.69. The largest absolute Gasteiger partial charge is 0.478 e. The molecule has 0 rings (SSSR count). The number of hydrogen-bond acceptors (Lipinski definition) is 3. The number of allylic oxidation sites excluding steroid dienone is 3. The molecule has 0 heterocycles. The number of rotatable bonds is 5. The SMILES string of the molecule is C/C=C/C=C/COC(=O)/C=C\C(=O)O. The van der Waals surface area contributed by atoms with Crippen LogP contribution in [0.3, 0.4) is 0 Å². The first-order valence-electron chi connectivity index (χ1n) is 4.02. The van der Waals surface area contributed by atoms with E-state index in [-0.39, 0.29) is 6.61 Å². The third-order valence-electron chi connectivity index (χ3n) is 1.12. The van der Waals surface area contributed by atoms with Gasteiger partial charge in [0.25, 0.3) is 0 Å². The third-order valence-corrected chi connectivity index (χ3v) is 1.12. The highest BCUT2D eigenvalue weighted by molar-refractivity contribution is 5.90.